The van der Waals surface area contributed by atoms with E-state index in [1.54, 1.807) is 19.1 Å². The van der Waals surface area contributed by atoms with Gasteiger partial charge in [-0.3, -0.25) is 4.79 Å². The topological polar surface area (TPSA) is 35.5 Å². The molecule has 2 aromatic carbocycles. The van der Waals surface area contributed by atoms with Crippen LogP contribution in [0.2, 0.25) is 0 Å². The number of ketones is 1. The molecule has 1 fully saturated rings. The third-order valence-electron chi connectivity index (χ3n) is 4.38. The number of rotatable bonds is 7. The lowest BCUT2D eigenvalue weighted by Crippen LogP contribution is -2.05. The van der Waals surface area contributed by atoms with E-state index in [2.05, 4.69) is 0 Å². The molecule has 0 aliphatic heterocycles. The van der Waals surface area contributed by atoms with E-state index in [0.29, 0.717) is 23.8 Å². The highest BCUT2D eigenvalue weighted by molar-refractivity contribution is 5.81. The zero-order valence-electron chi connectivity index (χ0n) is 14.8. The SMILES string of the molecule is CC(=O)C1CC1COc1ccc(-c2cc(OC(C)C)ccc2F)cc1. The summed E-state index contributed by atoms with van der Waals surface area (Å²) in [6, 6.07) is 12.1. The molecule has 0 spiro atoms. The minimum atomic E-state index is -0.285. The van der Waals surface area contributed by atoms with Crippen LogP contribution in [-0.2, 0) is 4.79 Å². The summed E-state index contributed by atoms with van der Waals surface area (Å²) in [5.41, 5.74) is 1.27. The molecule has 0 heterocycles. The fourth-order valence-electron chi connectivity index (χ4n) is 2.93. The predicted molar refractivity (Wildman–Crippen MR) is 95.4 cm³/mol. The second-order valence-electron chi connectivity index (χ2n) is 6.86. The first-order valence-electron chi connectivity index (χ1n) is 8.64. The van der Waals surface area contributed by atoms with Crippen LogP contribution in [0.3, 0.4) is 0 Å². The van der Waals surface area contributed by atoms with Gasteiger partial charge < -0.3 is 9.47 Å². The Balaban J connectivity index is 1.67. The highest BCUT2D eigenvalue weighted by Crippen LogP contribution is 2.39. The van der Waals surface area contributed by atoms with Crippen molar-refractivity contribution in [1.82, 2.24) is 0 Å². The Morgan fingerprint density at radius 3 is 2.44 bits per heavy atom. The summed E-state index contributed by atoms with van der Waals surface area (Å²) in [5, 5.41) is 0. The third kappa shape index (κ3) is 4.38. The van der Waals surface area contributed by atoms with Crippen molar-refractivity contribution < 1.29 is 18.7 Å². The molecule has 0 saturated heterocycles. The van der Waals surface area contributed by atoms with Crippen LogP contribution in [0.4, 0.5) is 4.39 Å². The molecule has 25 heavy (non-hydrogen) atoms. The Bertz CT molecular complexity index is 752. The number of ether oxygens (including phenoxy) is 2. The predicted octanol–water partition coefficient (Wildman–Crippen LogP) is 4.88. The van der Waals surface area contributed by atoms with E-state index in [1.165, 1.54) is 6.07 Å². The van der Waals surface area contributed by atoms with Gasteiger partial charge in [-0.2, -0.15) is 0 Å². The van der Waals surface area contributed by atoms with Gasteiger partial charge in [-0.1, -0.05) is 12.1 Å². The van der Waals surface area contributed by atoms with Gasteiger partial charge in [0.05, 0.1) is 12.7 Å². The highest BCUT2D eigenvalue weighted by atomic mass is 19.1. The number of carbonyl (C=O) groups excluding carboxylic acids is 1. The largest absolute Gasteiger partial charge is 0.493 e. The van der Waals surface area contributed by atoms with Crippen LogP contribution >= 0.6 is 0 Å². The van der Waals surface area contributed by atoms with E-state index >= 15 is 0 Å². The average Bonchev–Trinajstić information content (AvgIpc) is 3.35. The molecular formula is C21H23FO3. The normalized spacial score (nSPS) is 18.9. The molecule has 2 atom stereocenters. The second kappa shape index (κ2) is 7.26. The quantitative estimate of drug-likeness (QED) is 0.719. The van der Waals surface area contributed by atoms with Gasteiger partial charge in [0.25, 0.3) is 0 Å². The third-order valence-corrected chi connectivity index (χ3v) is 4.38. The number of carbonyl (C=O) groups is 1. The highest BCUT2D eigenvalue weighted by Gasteiger charge is 2.41. The van der Waals surface area contributed by atoms with Crippen molar-refractivity contribution >= 4 is 5.78 Å². The molecule has 132 valence electrons. The molecule has 4 heteroatoms. The van der Waals surface area contributed by atoms with Crippen molar-refractivity contribution in [2.24, 2.45) is 11.8 Å². The van der Waals surface area contributed by atoms with E-state index in [9.17, 15) is 9.18 Å². The Labute approximate surface area is 147 Å². The molecule has 3 rings (SSSR count). The van der Waals surface area contributed by atoms with E-state index in [-0.39, 0.29) is 23.6 Å². The summed E-state index contributed by atoms with van der Waals surface area (Å²) in [6.45, 7) is 6.05. The van der Waals surface area contributed by atoms with Gasteiger partial charge in [-0.05, 0) is 63.1 Å². The zero-order valence-corrected chi connectivity index (χ0v) is 14.8. The van der Waals surface area contributed by atoms with Crippen LogP contribution < -0.4 is 9.47 Å². The summed E-state index contributed by atoms with van der Waals surface area (Å²) in [5.74, 6) is 1.83. The Morgan fingerprint density at radius 1 is 1.16 bits per heavy atom. The van der Waals surface area contributed by atoms with E-state index in [0.717, 1.165) is 17.7 Å². The maximum atomic E-state index is 14.2. The number of Topliss-reactive ketones (excluding diaryl/α,β-unsaturated/α-hetero) is 1. The van der Waals surface area contributed by atoms with Gasteiger partial charge in [0.1, 0.15) is 23.1 Å². The van der Waals surface area contributed by atoms with Gasteiger partial charge in [0, 0.05) is 17.4 Å². The molecular weight excluding hydrogens is 319 g/mol. The smallest absolute Gasteiger partial charge is 0.133 e. The summed E-state index contributed by atoms with van der Waals surface area (Å²) in [6.07, 6.45) is 0.955. The lowest BCUT2D eigenvalue weighted by molar-refractivity contribution is -0.118. The Hall–Kier alpha value is -2.36. The maximum Gasteiger partial charge on any atom is 0.133 e. The molecule has 1 aliphatic carbocycles. The van der Waals surface area contributed by atoms with Crippen molar-refractivity contribution in [3.05, 3.63) is 48.3 Å². The molecule has 3 nitrogen and oxygen atoms in total. The van der Waals surface area contributed by atoms with E-state index < -0.39 is 0 Å². The van der Waals surface area contributed by atoms with Crippen LogP contribution in [0.15, 0.2) is 42.5 Å². The molecule has 2 unspecified atom stereocenters. The van der Waals surface area contributed by atoms with Gasteiger partial charge in [0.15, 0.2) is 0 Å². The minimum Gasteiger partial charge on any atom is -0.493 e. The van der Waals surface area contributed by atoms with Gasteiger partial charge in [-0.25, -0.2) is 4.39 Å². The molecule has 0 amide bonds. The van der Waals surface area contributed by atoms with Crippen molar-refractivity contribution in [3.8, 4) is 22.6 Å². The standard InChI is InChI=1S/C21H23FO3/c1-13(2)25-18-8-9-21(22)20(11-18)15-4-6-17(7-5-15)24-12-16-10-19(16)14(3)23/h4-9,11,13,16,19H,10,12H2,1-3H3. The fraction of sp³-hybridized carbons (Fsp3) is 0.381. The monoisotopic (exact) mass is 342 g/mol. The molecule has 2 aromatic rings. The van der Waals surface area contributed by atoms with Crippen molar-refractivity contribution in [2.75, 3.05) is 6.61 Å². The molecule has 1 saturated carbocycles. The molecule has 0 aromatic heterocycles. The van der Waals surface area contributed by atoms with Crippen molar-refractivity contribution in [3.63, 3.8) is 0 Å². The summed E-state index contributed by atoms with van der Waals surface area (Å²) >= 11 is 0. The van der Waals surface area contributed by atoms with Crippen LogP contribution in [0.1, 0.15) is 27.2 Å². The second-order valence-corrected chi connectivity index (χ2v) is 6.86. The van der Waals surface area contributed by atoms with Gasteiger partial charge in [-0.15, -0.1) is 0 Å². The first-order valence-corrected chi connectivity index (χ1v) is 8.64. The van der Waals surface area contributed by atoms with Crippen LogP contribution in [0, 0.1) is 17.7 Å². The molecule has 0 radical (unpaired) electrons. The lowest BCUT2D eigenvalue weighted by Gasteiger charge is -2.12. The van der Waals surface area contributed by atoms with Crippen molar-refractivity contribution in [2.45, 2.75) is 33.3 Å². The number of hydrogen-bond acceptors (Lipinski definition) is 3. The Morgan fingerprint density at radius 2 is 1.84 bits per heavy atom. The first-order chi connectivity index (χ1) is 11.9. The number of hydrogen-bond donors (Lipinski definition) is 0. The lowest BCUT2D eigenvalue weighted by atomic mass is 10.0. The fourth-order valence-corrected chi connectivity index (χ4v) is 2.93. The van der Waals surface area contributed by atoms with Crippen molar-refractivity contribution in [1.29, 1.82) is 0 Å². The van der Waals surface area contributed by atoms with Gasteiger partial charge >= 0.3 is 0 Å². The van der Waals surface area contributed by atoms with Crippen LogP contribution in [0.5, 0.6) is 11.5 Å². The molecule has 0 N–H and O–H groups in total. The number of halogens is 1. The van der Waals surface area contributed by atoms with E-state index in [4.69, 9.17) is 9.47 Å². The van der Waals surface area contributed by atoms with E-state index in [1.807, 2.05) is 38.1 Å². The average molecular weight is 342 g/mol. The number of benzene rings is 2. The minimum absolute atomic E-state index is 0.0374. The summed E-state index contributed by atoms with van der Waals surface area (Å²) in [4.78, 5) is 11.3. The summed E-state index contributed by atoms with van der Waals surface area (Å²) < 4.78 is 25.5. The Kier molecular flexibility index (Phi) is 5.07. The molecule has 1 aliphatic rings. The van der Waals surface area contributed by atoms with Crippen LogP contribution in [0.25, 0.3) is 11.1 Å². The summed E-state index contributed by atoms with van der Waals surface area (Å²) in [7, 11) is 0. The zero-order chi connectivity index (χ0) is 18.0. The van der Waals surface area contributed by atoms with Gasteiger partial charge in [0.2, 0.25) is 0 Å². The first kappa shape index (κ1) is 17.5. The molecule has 0 bridgehead atoms. The van der Waals surface area contributed by atoms with Crippen LogP contribution in [-0.4, -0.2) is 18.5 Å². The maximum absolute atomic E-state index is 14.2.